The Kier molecular flexibility index (Phi) is 7.61. The molecular formula is C16H26N2O3. The molecule has 118 valence electrons. The average Bonchev–Trinajstić information content (AvgIpc) is 2.46. The minimum absolute atomic E-state index is 0.0118. The molecule has 0 spiro atoms. The lowest BCUT2D eigenvalue weighted by Crippen LogP contribution is -2.36. The molecule has 0 aliphatic rings. The van der Waals surface area contributed by atoms with Crippen LogP contribution in [0.3, 0.4) is 0 Å². The van der Waals surface area contributed by atoms with E-state index in [1.807, 2.05) is 26.1 Å². The maximum absolute atomic E-state index is 11.8. The molecule has 2 N–H and O–H groups in total. The normalized spacial score (nSPS) is 11.8. The van der Waals surface area contributed by atoms with Crippen LogP contribution in [0.25, 0.3) is 0 Å². The number of methoxy groups -OCH3 is 1. The van der Waals surface area contributed by atoms with Gasteiger partial charge in [0.2, 0.25) is 0 Å². The van der Waals surface area contributed by atoms with Crippen molar-refractivity contribution < 1.29 is 14.3 Å². The Morgan fingerprint density at radius 1 is 1.38 bits per heavy atom. The summed E-state index contributed by atoms with van der Waals surface area (Å²) in [6.07, 6.45) is 2.01. The van der Waals surface area contributed by atoms with Crippen molar-refractivity contribution in [3.05, 3.63) is 23.8 Å². The Labute approximate surface area is 127 Å². The fourth-order valence-corrected chi connectivity index (χ4v) is 2.10. The highest BCUT2D eigenvalue weighted by Gasteiger charge is 2.10. The molecule has 0 bridgehead atoms. The quantitative estimate of drug-likeness (QED) is 0.732. The van der Waals surface area contributed by atoms with Crippen molar-refractivity contribution in [1.82, 2.24) is 10.6 Å². The van der Waals surface area contributed by atoms with E-state index in [1.165, 1.54) is 0 Å². The van der Waals surface area contributed by atoms with Crippen LogP contribution in [0.2, 0.25) is 0 Å². The summed E-state index contributed by atoms with van der Waals surface area (Å²) in [6, 6.07) is 5.79. The summed E-state index contributed by atoms with van der Waals surface area (Å²) in [7, 11) is 3.48. The van der Waals surface area contributed by atoms with E-state index in [9.17, 15) is 4.79 Å². The minimum Gasteiger partial charge on any atom is -0.497 e. The zero-order valence-corrected chi connectivity index (χ0v) is 13.4. The lowest BCUT2D eigenvalue weighted by Gasteiger charge is -2.15. The van der Waals surface area contributed by atoms with Gasteiger partial charge in [0.15, 0.2) is 6.61 Å². The summed E-state index contributed by atoms with van der Waals surface area (Å²) in [6.45, 7) is 4.78. The van der Waals surface area contributed by atoms with Gasteiger partial charge in [0.1, 0.15) is 11.5 Å². The van der Waals surface area contributed by atoms with E-state index >= 15 is 0 Å². The fraction of sp³-hybridized carbons (Fsp3) is 0.562. The van der Waals surface area contributed by atoms with E-state index in [-0.39, 0.29) is 18.6 Å². The van der Waals surface area contributed by atoms with Crippen LogP contribution in [0.1, 0.15) is 32.3 Å². The number of rotatable bonds is 9. The maximum atomic E-state index is 11.8. The van der Waals surface area contributed by atoms with Crippen LogP contribution in [0.4, 0.5) is 0 Å². The third-order valence-corrected chi connectivity index (χ3v) is 3.13. The Hall–Kier alpha value is -1.75. The molecular weight excluding hydrogens is 268 g/mol. The average molecular weight is 294 g/mol. The smallest absolute Gasteiger partial charge is 0.258 e. The lowest BCUT2D eigenvalue weighted by molar-refractivity contribution is -0.123. The van der Waals surface area contributed by atoms with Gasteiger partial charge in [-0.3, -0.25) is 4.79 Å². The highest BCUT2D eigenvalue weighted by Crippen LogP contribution is 2.24. The van der Waals surface area contributed by atoms with Gasteiger partial charge in [-0.15, -0.1) is 0 Å². The SMILES string of the molecule is CCCC(C)NC(=O)COc1cc(OC)ccc1CNC. The lowest BCUT2D eigenvalue weighted by atomic mass is 10.2. The molecule has 1 amide bonds. The summed E-state index contributed by atoms with van der Waals surface area (Å²) < 4.78 is 10.8. The van der Waals surface area contributed by atoms with Gasteiger partial charge in [0, 0.05) is 24.2 Å². The van der Waals surface area contributed by atoms with Crippen LogP contribution in [-0.4, -0.2) is 32.7 Å². The molecule has 0 saturated heterocycles. The topological polar surface area (TPSA) is 59.6 Å². The fourth-order valence-electron chi connectivity index (χ4n) is 2.10. The highest BCUT2D eigenvalue weighted by atomic mass is 16.5. The Balaban J connectivity index is 2.62. The molecule has 1 rings (SSSR count). The van der Waals surface area contributed by atoms with Crippen LogP contribution in [-0.2, 0) is 11.3 Å². The maximum Gasteiger partial charge on any atom is 0.258 e. The second kappa shape index (κ2) is 9.23. The van der Waals surface area contributed by atoms with Crippen molar-refractivity contribution in [1.29, 1.82) is 0 Å². The number of hydrogen-bond acceptors (Lipinski definition) is 4. The summed E-state index contributed by atoms with van der Waals surface area (Å²) in [5, 5.41) is 6.00. The molecule has 1 aromatic rings. The van der Waals surface area contributed by atoms with Crippen molar-refractivity contribution in [3.63, 3.8) is 0 Å². The minimum atomic E-state index is -0.103. The van der Waals surface area contributed by atoms with Crippen LogP contribution in [0.15, 0.2) is 18.2 Å². The number of carbonyl (C=O) groups is 1. The van der Waals surface area contributed by atoms with Gasteiger partial charge in [-0.05, 0) is 26.5 Å². The molecule has 5 heteroatoms. The van der Waals surface area contributed by atoms with Crippen LogP contribution in [0.5, 0.6) is 11.5 Å². The first-order valence-electron chi connectivity index (χ1n) is 7.34. The van der Waals surface area contributed by atoms with E-state index in [0.717, 1.165) is 18.4 Å². The number of nitrogens with one attached hydrogen (secondary N) is 2. The molecule has 1 atom stereocenters. The van der Waals surface area contributed by atoms with Gasteiger partial charge in [-0.1, -0.05) is 19.4 Å². The molecule has 1 unspecified atom stereocenters. The molecule has 0 saturated carbocycles. The Morgan fingerprint density at radius 3 is 2.76 bits per heavy atom. The van der Waals surface area contributed by atoms with Crippen molar-refractivity contribution in [3.8, 4) is 11.5 Å². The molecule has 0 heterocycles. The van der Waals surface area contributed by atoms with Crippen LogP contribution >= 0.6 is 0 Å². The van der Waals surface area contributed by atoms with Crippen LogP contribution < -0.4 is 20.1 Å². The zero-order valence-electron chi connectivity index (χ0n) is 13.4. The Bertz CT molecular complexity index is 449. The number of amides is 1. The molecule has 0 aliphatic carbocycles. The van der Waals surface area contributed by atoms with Crippen LogP contribution in [0, 0.1) is 0 Å². The molecule has 0 radical (unpaired) electrons. The van der Waals surface area contributed by atoms with Crippen molar-refractivity contribution in [2.24, 2.45) is 0 Å². The van der Waals surface area contributed by atoms with E-state index in [4.69, 9.17) is 9.47 Å². The summed E-state index contributed by atoms with van der Waals surface area (Å²) >= 11 is 0. The van der Waals surface area contributed by atoms with E-state index in [2.05, 4.69) is 17.6 Å². The van der Waals surface area contributed by atoms with E-state index in [0.29, 0.717) is 18.0 Å². The second-order valence-electron chi connectivity index (χ2n) is 5.05. The first-order valence-corrected chi connectivity index (χ1v) is 7.34. The number of hydrogen-bond donors (Lipinski definition) is 2. The summed E-state index contributed by atoms with van der Waals surface area (Å²) in [5.74, 6) is 1.28. The summed E-state index contributed by atoms with van der Waals surface area (Å²) in [5.41, 5.74) is 0.993. The molecule has 21 heavy (non-hydrogen) atoms. The first-order chi connectivity index (χ1) is 10.1. The molecule has 0 fully saturated rings. The zero-order chi connectivity index (χ0) is 15.7. The summed E-state index contributed by atoms with van der Waals surface area (Å²) in [4.78, 5) is 11.8. The number of ether oxygens (including phenoxy) is 2. The van der Waals surface area contributed by atoms with Gasteiger partial charge < -0.3 is 20.1 Å². The predicted octanol–water partition coefficient (Wildman–Crippen LogP) is 2.10. The van der Waals surface area contributed by atoms with E-state index in [1.54, 1.807) is 13.2 Å². The van der Waals surface area contributed by atoms with Crippen molar-refractivity contribution in [2.45, 2.75) is 39.3 Å². The molecule has 0 aliphatic heterocycles. The van der Waals surface area contributed by atoms with Gasteiger partial charge >= 0.3 is 0 Å². The largest absolute Gasteiger partial charge is 0.497 e. The molecule has 0 aromatic heterocycles. The van der Waals surface area contributed by atoms with E-state index < -0.39 is 0 Å². The monoisotopic (exact) mass is 294 g/mol. The van der Waals surface area contributed by atoms with Crippen molar-refractivity contribution in [2.75, 3.05) is 20.8 Å². The Morgan fingerprint density at radius 2 is 2.14 bits per heavy atom. The van der Waals surface area contributed by atoms with Crippen molar-refractivity contribution >= 4 is 5.91 Å². The van der Waals surface area contributed by atoms with Gasteiger partial charge in [0.05, 0.1) is 7.11 Å². The van der Waals surface area contributed by atoms with Gasteiger partial charge in [0.25, 0.3) is 5.91 Å². The number of benzene rings is 1. The number of carbonyl (C=O) groups excluding carboxylic acids is 1. The molecule has 1 aromatic carbocycles. The third kappa shape index (κ3) is 6.04. The first kappa shape index (κ1) is 17.3. The van der Waals surface area contributed by atoms with Gasteiger partial charge in [-0.2, -0.15) is 0 Å². The molecule has 5 nitrogen and oxygen atoms in total. The second-order valence-corrected chi connectivity index (χ2v) is 5.05. The highest BCUT2D eigenvalue weighted by molar-refractivity contribution is 5.77. The standard InChI is InChI=1S/C16H26N2O3/c1-5-6-12(2)18-16(19)11-21-15-9-14(20-4)8-7-13(15)10-17-3/h7-9,12,17H,5-6,10-11H2,1-4H3,(H,18,19). The van der Waals surface area contributed by atoms with Gasteiger partial charge in [-0.25, -0.2) is 0 Å². The third-order valence-electron chi connectivity index (χ3n) is 3.13. The predicted molar refractivity (Wildman–Crippen MR) is 83.8 cm³/mol.